The zero-order chi connectivity index (χ0) is 23.2. The summed E-state index contributed by atoms with van der Waals surface area (Å²) in [6.45, 7) is 4.81. The Kier molecular flexibility index (Phi) is 5.67. The van der Waals surface area contributed by atoms with Crippen molar-refractivity contribution in [3.63, 3.8) is 0 Å². The predicted octanol–water partition coefficient (Wildman–Crippen LogP) is 4.13. The quantitative estimate of drug-likeness (QED) is 0.553. The van der Waals surface area contributed by atoms with Crippen molar-refractivity contribution in [1.29, 1.82) is 0 Å². The van der Waals surface area contributed by atoms with Crippen molar-refractivity contribution in [3.8, 4) is 11.3 Å². The van der Waals surface area contributed by atoms with Gasteiger partial charge in [-0.05, 0) is 38.8 Å². The number of nitrogens with zero attached hydrogens (tertiary/aromatic N) is 4. The van der Waals surface area contributed by atoms with Gasteiger partial charge >= 0.3 is 6.09 Å². The Morgan fingerprint density at radius 1 is 1.03 bits per heavy atom. The molecule has 3 heterocycles. The topological polar surface area (TPSA) is 92.7 Å². The number of piperidine rings is 1. The van der Waals surface area contributed by atoms with Crippen molar-refractivity contribution < 1.29 is 17.9 Å². The zero-order valence-electron chi connectivity index (χ0n) is 18.4. The Morgan fingerprint density at radius 3 is 2.55 bits per heavy atom. The van der Waals surface area contributed by atoms with Gasteiger partial charge < -0.3 is 4.74 Å². The fourth-order valence-electron chi connectivity index (χ4n) is 4.50. The number of fused-ring (bicyclic) bond motifs is 1. The number of carbonyl (C=O) groups excluding carboxylic acids is 1. The number of rotatable bonds is 4. The van der Waals surface area contributed by atoms with Crippen molar-refractivity contribution in [2.75, 3.05) is 18.0 Å². The molecule has 2 aliphatic rings. The lowest BCUT2D eigenvalue weighted by Gasteiger charge is -2.39. The molecular weight excluding hydrogens is 460 g/mol. The summed E-state index contributed by atoms with van der Waals surface area (Å²) in [5, 5.41) is -0.00486. The lowest BCUT2D eigenvalue weighted by atomic mass is 10.0. The van der Waals surface area contributed by atoms with Crippen LogP contribution >= 0.6 is 11.7 Å². The Labute approximate surface area is 197 Å². The standard InChI is InChI=1S/C23H24N4O4S2/c1-15-4-3-5-17(12-15)21-22(25-32-24-21)33(29,30)26-10-8-19(9-11-26)27-20-7-6-16(2)13-18(20)14-31-23(27)28/h3-7,12-13,19H,8-11,14H2,1-2H3. The molecule has 0 bridgehead atoms. The van der Waals surface area contributed by atoms with Gasteiger partial charge in [0.05, 0.1) is 17.4 Å². The molecule has 1 saturated heterocycles. The first kappa shape index (κ1) is 22.0. The third-order valence-electron chi connectivity index (χ3n) is 6.17. The van der Waals surface area contributed by atoms with Crippen LogP contribution in [0.25, 0.3) is 11.3 Å². The number of amides is 1. The third-order valence-corrected chi connectivity index (χ3v) is 8.63. The molecule has 3 aromatic rings. The molecule has 1 aromatic heterocycles. The van der Waals surface area contributed by atoms with Crippen LogP contribution in [0.15, 0.2) is 47.5 Å². The van der Waals surface area contributed by atoms with Gasteiger partial charge in [-0.25, -0.2) is 13.2 Å². The van der Waals surface area contributed by atoms with Crippen molar-refractivity contribution in [3.05, 3.63) is 59.2 Å². The van der Waals surface area contributed by atoms with E-state index in [9.17, 15) is 13.2 Å². The molecular formula is C23H24N4O4S2. The molecule has 2 aliphatic heterocycles. The summed E-state index contributed by atoms with van der Waals surface area (Å²) in [4.78, 5) is 14.3. The normalized spacial score (nSPS) is 17.6. The van der Waals surface area contributed by atoms with Crippen molar-refractivity contribution in [1.82, 2.24) is 13.1 Å². The molecule has 8 nitrogen and oxygen atoms in total. The van der Waals surface area contributed by atoms with E-state index < -0.39 is 10.0 Å². The summed E-state index contributed by atoms with van der Waals surface area (Å²) in [7, 11) is -3.81. The molecule has 172 valence electrons. The van der Waals surface area contributed by atoms with Crippen LogP contribution in [0.2, 0.25) is 0 Å². The van der Waals surface area contributed by atoms with Gasteiger partial charge in [-0.2, -0.15) is 13.1 Å². The van der Waals surface area contributed by atoms with Crippen LogP contribution in [0.3, 0.4) is 0 Å². The number of hydrogen-bond donors (Lipinski definition) is 0. The largest absolute Gasteiger partial charge is 0.444 e. The van der Waals surface area contributed by atoms with E-state index in [2.05, 4.69) is 8.75 Å². The average molecular weight is 485 g/mol. The highest BCUT2D eigenvalue weighted by Crippen LogP contribution is 2.34. The number of benzene rings is 2. The highest BCUT2D eigenvalue weighted by atomic mass is 32.2. The lowest BCUT2D eigenvalue weighted by molar-refractivity contribution is 0.135. The van der Waals surface area contributed by atoms with Gasteiger partial charge in [0, 0.05) is 30.3 Å². The molecule has 1 amide bonds. The highest BCUT2D eigenvalue weighted by molar-refractivity contribution is 7.89. The van der Waals surface area contributed by atoms with Gasteiger partial charge in [0.15, 0.2) is 0 Å². The van der Waals surface area contributed by atoms with Gasteiger partial charge in [0.2, 0.25) is 5.03 Å². The van der Waals surface area contributed by atoms with Crippen molar-refractivity contribution in [2.45, 2.75) is 44.4 Å². The molecule has 1 fully saturated rings. The maximum absolute atomic E-state index is 13.4. The Morgan fingerprint density at radius 2 is 1.79 bits per heavy atom. The summed E-state index contributed by atoms with van der Waals surface area (Å²) >= 11 is 0.899. The first-order chi connectivity index (χ1) is 15.8. The second-order valence-corrected chi connectivity index (χ2v) is 10.9. The van der Waals surface area contributed by atoms with Crippen LogP contribution in [0, 0.1) is 13.8 Å². The van der Waals surface area contributed by atoms with Crippen molar-refractivity contribution >= 4 is 33.5 Å². The number of aromatic nitrogens is 2. The number of aryl methyl sites for hydroxylation is 2. The van der Waals surface area contributed by atoms with Gasteiger partial charge in [-0.15, -0.1) is 0 Å². The first-order valence-electron chi connectivity index (χ1n) is 10.8. The first-order valence-corrected chi connectivity index (χ1v) is 13.0. The molecule has 0 saturated carbocycles. The minimum atomic E-state index is -3.81. The minimum absolute atomic E-state index is 0.00486. The molecule has 33 heavy (non-hydrogen) atoms. The highest BCUT2D eigenvalue weighted by Gasteiger charge is 2.38. The van der Waals surface area contributed by atoms with E-state index in [1.165, 1.54) is 4.31 Å². The molecule has 10 heteroatoms. The molecule has 5 rings (SSSR count). The van der Waals surface area contributed by atoms with Crippen LogP contribution < -0.4 is 4.90 Å². The molecule has 0 aliphatic carbocycles. The lowest BCUT2D eigenvalue weighted by Crippen LogP contribution is -2.50. The Balaban J connectivity index is 1.36. The molecule has 0 N–H and O–H groups in total. The maximum atomic E-state index is 13.4. The van der Waals surface area contributed by atoms with Crippen molar-refractivity contribution in [2.24, 2.45) is 0 Å². The van der Waals surface area contributed by atoms with E-state index in [1.54, 1.807) is 4.90 Å². The maximum Gasteiger partial charge on any atom is 0.414 e. The number of ether oxygens (including phenoxy) is 1. The summed E-state index contributed by atoms with van der Waals surface area (Å²) in [5.41, 5.74) is 5.07. The average Bonchev–Trinajstić information content (AvgIpc) is 3.30. The summed E-state index contributed by atoms with van der Waals surface area (Å²) in [6, 6.07) is 13.4. The van der Waals surface area contributed by atoms with Crippen LogP contribution in [-0.2, 0) is 21.4 Å². The second kappa shape index (κ2) is 8.51. The smallest absolute Gasteiger partial charge is 0.414 e. The van der Waals surface area contributed by atoms with Crippen LogP contribution in [0.1, 0.15) is 29.5 Å². The molecule has 2 aromatic carbocycles. The number of cyclic esters (lactones) is 1. The van der Waals surface area contributed by atoms with Crippen LogP contribution in [0.4, 0.5) is 10.5 Å². The zero-order valence-corrected chi connectivity index (χ0v) is 20.0. The van der Waals surface area contributed by atoms with Crippen LogP contribution in [0.5, 0.6) is 0 Å². The summed E-state index contributed by atoms with van der Waals surface area (Å²) in [5.74, 6) is 0. The molecule has 0 spiro atoms. The number of anilines is 1. The summed E-state index contributed by atoms with van der Waals surface area (Å²) < 4.78 is 42.1. The Bertz CT molecular complexity index is 1310. The second-order valence-electron chi connectivity index (χ2n) is 8.48. The van der Waals surface area contributed by atoms with E-state index in [4.69, 9.17) is 4.74 Å². The van der Waals surface area contributed by atoms with E-state index in [0.717, 1.165) is 39.7 Å². The van der Waals surface area contributed by atoms with E-state index in [0.29, 0.717) is 31.6 Å². The number of sulfonamides is 1. The number of carbonyl (C=O) groups is 1. The van der Waals surface area contributed by atoms with Gasteiger partial charge in [-0.3, -0.25) is 4.90 Å². The SMILES string of the molecule is Cc1cccc(-c2nsnc2S(=O)(=O)N2CCC(N3C(=O)OCc4cc(C)ccc43)CC2)c1. The van der Waals surface area contributed by atoms with E-state index in [-0.39, 0.29) is 23.8 Å². The monoisotopic (exact) mass is 484 g/mol. The third kappa shape index (κ3) is 4.03. The fraction of sp³-hybridized carbons (Fsp3) is 0.348. The molecule has 0 unspecified atom stereocenters. The van der Waals surface area contributed by atoms with Gasteiger partial charge in [0.25, 0.3) is 10.0 Å². The molecule has 0 atom stereocenters. The van der Waals surface area contributed by atoms with E-state index >= 15 is 0 Å². The minimum Gasteiger partial charge on any atom is -0.444 e. The number of hydrogen-bond acceptors (Lipinski definition) is 7. The van der Waals surface area contributed by atoms with Gasteiger partial charge in [0.1, 0.15) is 12.3 Å². The van der Waals surface area contributed by atoms with Gasteiger partial charge in [-0.1, -0.05) is 41.5 Å². The fourth-order valence-corrected chi connectivity index (χ4v) is 6.85. The molecule has 0 radical (unpaired) electrons. The van der Waals surface area contributed by atoms with E-state index in [1.807, 2.05) is 56.3 Å². The Hall–Kier alpha value is -2.82. The van der Waals surface area contributed by atoms with Crippen LogP contribution in [-0.4, -0.2) is 46.7 Å². The predicted molar refractivity (Wildman–Crippen MR) is 126 cm³/mol. The summed E-state index contributed by atoms with van der Waals surface area (Å²) in [6.07, 6.45) is 0.649.